The number of hydrogen-bond donors (Lipinski definition) is 1. The van der Waals surface area contributed by atoms with Crippen molar-refractivity contribution in [2.45, 2.75) is 32.2 Å². The molecular formula is C26H26N2O4S. The molecule has 2 atom stereocenters. The highest BCUT2D eigenvalue weighted by Crippen LogP contribution is 2.47. The minimum absolute atomic E-state index is 0.0717. The van der Waals surface area contributed by atoms with Gasteiger partial charge in [0.25, 0.3) is 5.91 Å². The van der Waals surface area contributed by atoms with Crippen molar-refractivity contribution in [3.63, 3.8) is 0 Å². The zero-order valence-corrected chi connectivity index (χ0v) is 19.4. The van der Waals surface area contributed by atoms with Crippen LogP contribution in [0.1, 0.15) is 53.7 Å². The molecule has 0 fully saturated rings. The van der Waals surface area contributed by atoms with Crippen LogP contribution >= 0.6 is 11.3 Å². The Morgan fingerprint density at radius 2 is 1.97 bits per heavy atom. The molecule has 1 aromatic heterocycles. The molecule has 0 saturated heterocycles. The van der Waals surface area contributed by atoms with Crippen molar-refractivity contribution in [1.29, 1.82) is 0 Å². The van der Waals surface area contributed by atoms with Crippen LogP contribution in [0.5, 0.6) is 11.5 Å². The van der Waals surface area contributed by atoms with Gasteiger partial charge < -0.3 is 14.8 Å². The molecule has 2 amide bonds. The molecule has 2 aromatic carbocycles. The average molecular weight is 463 g/mol. The van der Waals surface area contributed by atoms with Crippen molar-refractivity contribution in [1.82, 2.24) is 5.32 Å². The number of anilines is 1. The van der Waals surface area contributed by atoms with E-state index in [9.17, 15) is 9.59 Å². The second-order valence-corrected chi connectivity index (χ2v) is 9.53. The number of rotatable bonds is 6. The van der Waals surface area contributed by atoms with Gasteiger partial charge in [0.2, 0.25) is 12.7 Å². The number of carbonyl (C=O) groups excluding carboxylic acids is 2. The van der Waals surface area contributed by atoms with Crippen molar-refractivity contribution < 1.29 is 19.1 Å². The molecule has 6 nitrogen and oxygen atoms in total. The molecule has 3 aromatic rings. The topological polar surface area (TPSA) is 67.9 Å². The van der Waals surface area contributed by atoms with E-state index in [1.165, 1.54) is 0 Å². The first kappa shape index (κ1) is 21.5. The molecule has 0 aliphatic carbocycles. The van der Waals surface area contributed by atoms with E-state index in [1.807, 2.05) is 53.2 Å². The van der Waals surface area contributed by atoms with E-state index in [0.717, 1.165) is 17.5 Å². The van der Waals surface area contributed by atoms with E-state index >= 15 is 0 Å². The normalized spacial score (nSPS) is 19.0. The first-order chi connectivity index (χ1) is 16.0. The molecule has 0 bridgehead atoms. The maximum Gasteiger partial charge on any atom is 0.259 e. The first-order valence-corrected chi connectivity index (χ1v) is 12.1. The Morgan fingerprint density at radius 1 is 1.15 bits per heavy atom. The summed E-state index contributed by atoms with van der Waals surface area (Å²) in [4.78, 5) is 29.2. The maximum atomic E-state index is 13.8. The van der Waals surface area contributed by atoms with Crippen LogP contribution in [-0.4, -0.2) is 25.2 Å². The quantitative estimate of drug-likeness (QED) is 0.552. The summed E-state index contributed by atoms with van der Waals surface area (Å²) in [7, 11) is 0. The van der Waals surface area contributed by atoms with Crippen LogP contribution in [0.3, 0.4) is 0 Å². The van der Waals surface area contributed by atoms with Crippen molar-refractivity contribution in [2.24, 2.45) is 5.92 Å². The summed E-state index contributed by atoms with van der Waals surface area (Å²) in [6.45, 7) is 5.03. The SMILES string of the molecule is CC(C)CCNC(=O)[C@H]1c2ccccc2C(=O)N(c2ccc3c(c2)OCO3)[C@@H]1c1ccsc1. The van der Waals surface area contributed by atoms with Gasteiger partial charge >= 0.3 is 0 Å². The summed E-state index contributed by atoms with van der Waals surface area (Å²) in [6, 6.07) is 14.4. The summed E-state index contributed by atoms with van der Waals surface area (Å²) in [6.07, 6.45) is 0.897. The molecule has 7 heteroatoms. The highest BCUT2D eigenvalue weighted by Gasteiger charge is 2.45. The van der Waals surface area contributed by atoms with Gasteiger partial charge in [0.1, 0.15) is 0 Å². The van der Waals surface area contributed by atoms with Gasteiger partial charge in [-0.15, -0.1) is 0 Å². The Morgan fingerprint density at radius 3 is 2.76 bits per heavy atom. The van der Waals surface area contributed by atoms with Crippen LogP contribution < -0.4 is 19.7 Å². The molecule has 2 aliphatic heterocycles. The Kier molecular flexibility index (Phi) is 5.81. The van der Waals surface area contributed by atoms with Crippen LogP contribution in [0.25, 0.3) is 0 Å². The number of nitrogens with one attached hydrogen (secondary N) is 1. The second-order valence-electron chi connectivity index (χ2n) is 8.75. The van der Waals surface area contributed by atoms with E-state index in [4.69, 9.17) is 9.47 Å². The second kappa shape index (κ2) is 8.90. The monoisotopic (exact) mass is 462 g/mol. The van der Waals surface area contributed by atoms with Crippen LogP contribution in [0.2, 0.25) is 0 Å². The highest BCUT2D eigenvalue weighted by atomic mass is 32.1. The third-order valence-electron chi connectivity index (χ3n) is 6.16. The van der Waals surface area contributed by atoms with E-state index in [2.05, 4.69) is 19.2 Å². The summed E-state index contributed by atoms with van der Waals surface area (Å²) in [5.74, 6) is 0.999. The molecule has 0 saturated carbocycles. The Bertz CT molecular complexity index is 1170. The number of benzene rings is 2. The van der Waals surface area contributed by atoms with E-state index in [1.54, 1.807) is 22.3 Å². The molecule has 2 aliphatic rings. The number of fused-ring (bicyclic) bond motifs is 2. The number of nitrogens with zero attached hydrogens (tertiary/aromatic N) is 1. The lowest BCUT2D eigenvalue weighted by Gasteiger charge is -2.41. The number of thiophene rings is 1. The predicted octanol–water partition coefficient (Wildman–Crippen LogP) is 5.12. The molecule has 0 unspecified atom stereocenters. The van der Waals surface area contributed by atoms with Gasteiger partial charge in [0, 0.05) is 23.9 Å². The predicted molar refractivity (Wildman–Crippen MR) is 128 cm³/mol. The third-order valence-corrected chi connectivity index (χ3v) is 6.86. The molecule has 1 N–H and O–H groups in total. The minimum Gasteiger partial charge on any atom is -0.454 e. The Hall–Kier alpha value is -3.32. The zero-order valence-electron chi connectivity index (χ0n) is 18.6. The number of amides is 2. The van der Waals surface area contributed by atoms with Gasteiger partial charge in [-0.05, 0) is 58.5 Å². The summed E-state index contributed by atoms with van der Waals surface area (Å²) < 4.78 is 11.0. The van der Waals surface area contributed by atoms with Crippen molar-refractivity contribution in [2.75, 3.05) is 18.2 Å². The number of hydrogen-bond acceptors (Lipinski definition) is 5. The van der Waals surface area contributed by atoms with Crippen LogP contribution in [0.4, 0.5) is 5.69 Å². The van der Waals surface area contributed by atoms with E-state index in [0.29, 0.717) is 35.2 Å². The third kappa shape index (κ3) is 3.97. The van der Waals surface area contributed by atoms with E-state index < -0.39 is 12.0 Å². The van der Waals surface area contributed by atoms with Crippen molar-refractivity contribution in [3.05, 3.63) is 76.0 Å². The zero-order chi connectivity index (χ0) is 22.9. The van der Waals surface area contributed by atoms with Gasteiger partial charge in [-0.3, -0.25) is 14.5 Å². The standard InChI is InChI=1S/C26H26N2O4S/c1-16(2)9-11-27-25(29)23-19-5-3-4-6-20(19)26(30)28(24(23)17-10-12-33-14-17)18-7-8-21-22(13-18)32-15-31-21/h3-8,10,12-14,16,23-24H,9,11,15H2,1-2H3,(H,27,29)/t23-,24+/m0/s1. The van der Waals surface area contributed by atoms with Gasteiger partial charge in [-0.25, -0.2) is 0 Å². The van der Waals surface area contributed by atoms with Gasteiger partial charge in [-0.2, -0.15) is 11.3 Å². The van der Waals surface area contributed by atoms with Crippen molar-refractivity contribution >= 4 is 28.8 Å². The largest absolute Gasteiger partial charge is 0.454 e. The number of carbonyl (C=O) groups is 2. The molecule has 5 rings (SSSR count). The van der Waals surface area contributed by atoms with Gasteiger partial charge in [-0.1, -0.05) is 32.0 Å². The van der Waals surface area contributed by atoms with Gasteiger partial charge in [0.15, 0.2) is 11.5 Å². The fraction of sp³-hybridized carbons (Fsp3) is 0.308. The van der Waals surface area contributed by atoms with Crippen LogP contribution in [0, 0.1) is 5.92 Å². The average Bonchev–Trinajstić information content (AvgIpc) is 3.50. The summed E-state index contributed by atoms with van der Waals surface area (Å²) >= 11 is 1.55. The lowest BCUT2D eigenvalue weighted by Crippen LogP contribution is -2.47. The highest BCUT2D eigenvalue weighted by molar-refractivity contribution is 7.08. The first-order valence-electron chi connectivity index (χ1n) is 11.2. The Labute approximate surface area is 197 Å². The molecule has 0 radical (unpaired) electrons. The van der Waals surface area contributed by atoms with Crippen LogP contribution in [-0.2, 0) is 4.79 Å². The fourth-order valence-corrected chi connectivity index (χ4v) is 5.20. The fourth-order valence-electron chi connectivity index (χ4n) is 4.51. The summed E-state index contributed by atoms with van der Waals surface area (Å²) in [5.41, 5.74) is 2.92. The molecule has 0 spiro atoms. The lowest BCUT2D eigenvalue weighted by atomic mass is 9.79. The lowest BCUT2D eigenvalue weighted by molar-refractivity contribution is -0.123. The van der Waals surface area contributed by atoms with Gasteiger partial charge in [0.05, 0.1) is 12.0 Å². The molecule has 33 heavy (non-hydrogen) atoms. The van der Waals surface area contributed by atoms with E-state index in [-0.39, 0.29) is 18.6 Å². The minimum atomic E-state index is -0.536. The summed E-state index contributed by atoms with van der Waals surface area (Å²) in [5, 5.41) is 7.12. The molecule has 170 valence electrons. The Balaban J connectivity index is 1.62. The van der Waals surface area contributed by atoms with Crippen LogP contribution in [0.15, 0.2) is 59.3 Å². The van der Waals surface area contributed by atoms with Crippen molar-refractivity contribution in [3.8, 4) is 11.5 Å². The maximum absolute atomic E-state index is 13.8. The molecule has 3 heterocycles. The smallest absolute Gasteiger partial charge is 0.259 e. The number of ether oxygens (including phenoxy) is 2. The molecular weight excluding hydrogens is 436 g/mol.